The van der Waals surface area contributed by atoms with Crippen LogP contribution >= 0.6 is 0 Å². The van der Waals surface area contributed by atoms with E-state index in [2.05, 4.69) is 45.0 Å². The third-order valence-electron chi connectivity index (χ3n) is 5.70. The largest absolute Gasteiger partial charge is 0.385 e. The SMILES string of the molecule is C[C@@H]1C[C@H](OC[C@@H](O)C[NH+]2CCc3ccccc3C2)CC(C)(C)C1. The first-order valence-corrected chi connectivity index (χ1v) is 9.61. The molecule has 0 radical (unpaired) electrons. The molecular weight excluding hydrogens is 298 g/mol. The zero-order valence-electron chi connectivity index (χ0n) is 15.6. The van der Waals surface area contributed by atoms with Crippen LogP contribution in [0, 0.1) is 11.3 Å². The van der Waals surface area contributed by atoms with E-state index in [1.807, 2.05) is 0 Å². The van der Waals surface area contributed by atoms with E-state index in [1.54, 1.807) is 0 Å². The van der Waals surface area contributed by atoms with Gasteiger partial charge in [-0.2, -0.15) is 0 Å². The van der Waals surface area contributed by atoms with Crippen molar-refractivity contribution in [3.8, 4) is 0 Å². The molecule has 24 heavy (non-hydrogen) atoms. The van der Waals surface area contributed by atoms with Crippen molar-refractivity contribution >= 4 is 0 Å². The summed E-state index contributed by atoms with van der Waals surface area (Å²) < 4.78 is 6.10. The van der Waals surface area contributed by atoms with Crippen LogP contribution in [0.2, 0.25) is 0 Å². The lowest BCUT2D eigenvalue weighted by atomic mass is 9.71. The summed E-state index contributed by atoms with van der Waals surface area (Å²) in [6.45, 7) is 10.4. The van der Waals surface area contributed by atoms with Gasteiger partial charge >= 0.3 is 0 Å². The third kappa shape index (κ3) is 4.81. The number of aliphatic hydroxyl groups excluding tert-OH is 1. The van der Waals surface area contributed by atoms with Crippen molar-refractivity contribution in [3.05, 3.63) is 35.4 Å². The van der Waals surface area contributed by atoms with Gasteiger partial charge < -0.3 is 14.7 Å². The van der Waals surface area contributed by atoms with E-state index in [0.717, 1.165) is 44.8 Å². The fraction of sp³-hybridized carbons (Fsp3) is 0.714. The molecule has 3 nitrogen and oxygen atoms in total. The van der Waals surface area contributed by atoms with E-state index in [4.69, 9.17) is 4.74 Å². The molecule has 0 spiro atoms. The van der Waals surface area contributed by atoms with Gasteiger partial charge in [-0.05, 0) is 36.2 Å². The number of quaternary nitrogens is 1. The van der Waals surface area contributed by atoms with Gasteiger partial charge in [-0.3, -0.25) is 0 Å². The maximum atomic E-state index is 10.4. The highest BCUT2D eigenvalue weighted by atomic mass is 16.5. The van der Waals surface area contributed by atoms with Gasteiger partial charge in [0, 0.05) is 12.0 Å². The number of fused-ring (bicyclic) bond motifs is 1. The van der Waals surface area contributed by atoms with Gasteiger partial charge in [0.15, 0.2) is 0 Å². The fourth-order valence-corrected chi connectivity index (χ4v) is 4.84. The molecule has 0 bridgehead atoms. The molecule has 1 aliphatic carbocycles. The van der Waals surface area contributed by atoms with Crippen molar-refractivity contribution < 1.29 is 14.7 Å². The molecule has 1 heterocycles. The maximum absolute atomic E-state index is 10.4. The second kappa shape index (κ2) is 7.55. The van der Waals surface area contributed by atoms with Crippen LogP contribution in [0.4, 0.5) is 0 Å². The average Bonchev–Trinajstić information content (AvgIpc) is 2.51. The molecule has 1 aromatic carbocycles. The Morgan fingerprint density at radius 3 is 2.75 bits per heavy atom. The van der Waals surface area contributed by atoms with Gasteiger partial charge in [0.25, 0.3) is 0 Å². The molecule has 2 N–H and O–H groups in total. The van der Waals surface area contributed by atoms with Crippen molar-refractivity contribution in [1.82, 2.24) is 0 Å². The zero-order valence-corrected chi connectivity index (χ0v) is 15.6. The van der Waals surface area contributed by atoms with E-state index in [0.29, 0.717) is 18.1 Å². The molecule has 3 heteroatoms. The first-order valence-electron chi connectivity index (χ1n) is 9.61. The maximum Gasteiger partial charge on any atom is 0.126 e. The van der Waals surface area contributed by atoms with E-state index in [1.165, 1.54) is 22.4 Å². The van der Waals surface area contributed by atoms with Gasteiger partial charge in [0.05, 0.1) is 19.3 Å². The lowest BCUT2D eigenvalue weighted by molar-refractivity contribution is -0.919. The predicted molar refractivity (Wildman–Crippen MR) is 97.1 cm³/mol. The average molecular weight is 333 g/mol. The minimum Gasteiger partial charge on any atom is -0.385 e. The van der Waals surface area contributed by atoms with Crippen LogP contribution in [0.1, 0.15) is 51.2 Å². The molecule has 1 aliphatic heterocycles. The third-order valence-corrected chi connectivity index (χ3v) is 5.70. The normalized spacial score (nSPS) is 30.6. The molecular formula is C21H34NO2+. The van der Waals surface area contributed by atoms with Crippen LogP contribution in [0.15, 0.2) is 24.3 Å². The van der Waals surface area contributed by atoms with Crippen molar-refractivity contribution in [2.75, 3.05) is 19.7 Å². The van der Waals surface area contributed by atoms with E-state index in [9.17, 15) is 5.11 Å². The first-order chi connectivity index (χ1) is 11.4. The van der Waals surface area contributed by atoms with E-state index in [-0.39, 0.29) is 6.10 Å². The van der Waals surface area contributed by atoms with E-state index < -0.39 is 0 Å². The zero-order chi connectivity index (χ0) is 17.2. The lowest BCUT2D eigenvalue weighted by Crippen LogP contribution is -3.13. The van der Waals surface area contributed by atoms with Crippen molar-refractivity contribution in [2.24, 2.45) is 11.3 Å². The summed E-state index contributed by atoms with van der Waals surface area (Å²) in [5, 5.41) is 10.4. The van der Waals surface area contributed by atoms with Gasteiger partial charge in [-0.1, -0.05) is 45.0 Å². The molecule has 2 aliphatic rings. The number of rotatable bonds is 5. The number of ether oxygens (including phenoxy) is 1. The lowest BCUT2D eigenvalue weighted by Gasteiger charge is -2.39. The van der Waals surface area contributed by atoms with Crippen LogP contribution in [0.5, 0.6) is 0 Å². The Hall–Kier alpha value is -0.900. The second-order valence-electron chi connectivity index (χ2n) is 8.92. The number of aliphatic hydroxyl groups is 1. The van der Waals surface area contributed by atoms with Crippen LogP contribution in [-0.4, -0.2) is 37.0 Å². The molecule has 1 fully saturated rings. The Morgan fingerprint density at radius 1 is 1.25 bits per heavy atom. The molecule has 1 unspecified atom stereocenters. The number of benzene rings is 1. The molecule has 134 valence electrons. The van der Waals surface area contributed by atoms with Crippen LogP contribution in [-0.2, 0) is 17.7 Å². The second-order valence-corrected chi connectivity index (χ2v) is 8.92. The molecule has 4 atom stereocenters. The van der Waals surface area contributed by atoms with Crippen LogP contribution in [0.25, 0.3) is 0 Å². The van der Waals surface area contributed by atoms with Gasteiger partial charge in [0.1, 0.15) is 19.2 Å². The minimum atomic E-state index is -0.356. The van der Waals surface area contributed by atoms with Crippen molar-refractivity contribution in [1.29, 1.82) is 0 Å². The summed E-state index contributed by atoms with van der Waals surface area (Å²) in [6, 6.07) is 8.70. The van der Waals surface area contributed by atoms with Gasteiger partial charge in [-0.25, -0.2) is 0 Å². The molecule has 0 amide bonds. The molecule has 3 rings (SSSR count). The Bertz CT molecular complexity index is 542. The Kier molecular flexibility index (Phi) is 5.63. The summed E-state index contributed by atoms with van der Waals surface area (Å²) in [5.41, 5.74) is 3.29. The summed E-state index contributed by atoms with van der Waals surface area (Å²) >= 11 is 0. The van der Waals surface area contributed by atoms with Gasteiger partial charge in [0.2, 0.25) is 0 Å². The molecule has 1 aromatic rings. The highest BCUT2D eigenvalue weighted by molar-refractivity contribution is 5.27. The topological polar surface area (TPSA) is 33.9 Å². The Balaban J connectivity index is 1.44. The van der Waals surface area contributed by atoms with Crippen LogP contribution in [0.3, 0.4) is 0 Å². The monoisotopic (exact) mass is 332 g/mol. The van der Waals surface area contributed by atoms with Gasteiger partial charge in [-0.15, -0.1) is 0 Å². The van der Waals surface area contributed by atoms with E-state index >= 15 is 0 Å². The van der Waals surface area contributed by atoms with Crippen molar-refractivity contribution in [3.63, 3.8) is 0 Å². The fourth-order valence-electron chi connectivity index (χ4n) is 4.84. The highest BCUT2D eigenvalue weighted by Gasteiger charge is 2.33. The molecule has 1 saturated carbocycles. The standard InChI is InChI=1S/C21H33NO2/c1-16-10-20(12-21(2,3)11-16)24-15-19(23)14-22-9-8-17-6-4-5-7-18(17)13-22/h4-7,16,19-20,23H,8-15H2,1-3H3/p+1/t16-,19+,20+/m1/s1. The summed E-state index contributed by atoms with van der Waals surface area (Å²) in [7, 11) is 0. The Labute approximate surface area is 147 Å². The smallest absolute Gasteiger partial charge is 0.126 e. The minimum absolute atomic E-state index is 0.315. The molecule has 0 aromatic heterocycles. The predicted octanol–water partition coefficient (Wildman–Crippen LogP) is 2.22. The highest BCUT2D eigenvalue weighted by Crippen LogP contribution is 2.39. The summed E-state index contributed by atoms with van der Waals surface area (Å²) in [5.74, 6) is 0.722. The van der Waals surface area contributed by atoms with Crippen molar-refractivity contribution in [2.45, 2.75) is 65.2 Å². The first kappa shape index (κ1) is 17.9. The molecule has 0 saturated heterocycles. The number of hydrogen-bond acceptors (Lipinski definition) is 2. The summed E-state index contributed by atoms with van der Waals surface area (Å²) in [4.78, 5) is 1.47. The van der Waals surface area contributed by atoms with Crippen LogP contribution < -0.4 is 4.90 Å². The summed E-state index contributed by atoms with van der Waals surface area (Å²) in [6.07, 6.45) is 4.62. The quantitative estimate of drug-likeness (QED) is 0.867. The number of hydrogen-bond donors (Lipinski definition) is 2. The Morgan fingerprint density at radius 2 is 2.00 bits per heavy atom. The number of nitrogens with one attached hydrogen (secondary N) is 1.